The van der Waals surface area contributed by atoms with Gasteiger partial charge in [0.05, 0.1) is 11.4 Å². The van der Waals surface area contributed by atoms with Crippen LogP contribution in [0.15, 0.2) is 53.7 Å². The Morgan fingerprint density at radius 2 is 1.81 bits per heavy atom. The van der Waals surface area contributed by atoms with Crippen molar-refractivity contribution >= 4 is 23.7 Å². The molecule has 1 fully saturated rings. The Hall–Kier alpha value is -3.13. The summed E-state index contributed by atoms with van der Waals surface area (Å²) in [6.07, 6.45) is 0. The number of nitrogens with zero attached hydrogens (tertiary/aromatic N) is 4. The molecule has 2 heterocycles. The highest BCUT2D eigenvalue weighted by Crippen LogP contribution is 2.31. The maximum atomic E-state index is 12.5. The topological polar surface area (TPSA) is 80.1 Å². The summed E-state index contributed by atoms with van der Waals surface area (Å²) in [5.74, 6) is 0.592. The van der Waals surface area contributed by atoms with Crippen LogP contribution in [0.1, 0.15) is 31.9 Å². The van der Waals surface area contributed by atoms with Crippen LogP contribution >= 0.6 is 11.8 Å². The van der Waals surface area contributed by atoms with E-state index in [0.29, 0.717) is 24.1 Å². The predicted octanol–water partition coefficient (Wildman–Crippen LogP) is 4.18. The Balaban J connectivity index is 1.69. The maximum absolute atomic E-state index is 12.5. The second-order valence-corrected chi connectivity index (χ2v) is 9.76. The lowest BCUT2D eigenvalue weighted by Gasteiger charge is -2.19. The molecular formula is C24H27N5O2S. The summed E-state index contributed by atoms with van der Waals surface area (Å²) in [6, 6.07) is 16.0. The van der Waals surface area contributed by atoms with Gasteiger partial charge in [-0.15, -0.1) is 10.2 Å². The number of aromatic nitrogens is 3. The third-order valence-corrected chi connectivity index (χ3v) is 6.40. The van der Waals surface area contributed by atoms with Crippen LogP contribution in [-0.2, 0) is 10.2 Å². The average Bonchev–Trinajstić information content (AvgIpc) is 3.38. The first kappa shape index (κ1) is 22.1. The molecule has 7 nitrogen and oxygen atoms in total. The van der Waals surface area contributed by atoms with Gasteiger partial charge in [0, 0.05) is 18.7 Å². The maximum Gasteiger partial charge on any atom is 0.324 e. The van der Waals surface area contributed by atoms with Crippen molar-refractivity contribution < 1.29 is 9.59 Å². The zero-order chi connectivity index (χ0) is 22.9. The summed E-state index contributed by atoms with van der Waals surface area (Å²) >= 11 is 1.29. The van der Waals surface area contributed by atoms with Crippen LogP contribution in [0.5, 0.6) is 0 Å². The van der Waals surface area contributed by atoms with Gasteiger partial charge in [-0.1, -0.05) is 75.0 Å². The van der Waals surface area contributed by atoms with Crippen molar-refractivity contribution in [3.63, 3.8) is 0 Å². The number of amides is 3. The second kappa shape index (κ2) is 8.78. The molecule has 1 saturated heterocycles. The van der Waals surface area contributed by atoms with E-state index in [9.17, 15) is 9.59 Å². The fraction of sp³-hybridized carbons (Fsp3) is 0.333. The third-order valence-electron chi connectivity index (χ3n) is 5.48. The van der Waals surface area contributed by atoms with Crippen molar-refractivity contribution in [1.29, 1.82) is 0 Å². The van der Waals surface area contributed by atoms with Crippen molar-refractivity contribution in [2.75, 3.05) is 18.8 Å². The smallest absolute Gasteiger partial charge is 0.324 e. The van der Waals surface area contributed by atoms with E-state index in [0.717, 1.165) is 16.8 Å². The van der Waals surface area contributed by atoms with Crippen molar-refractivity contribution in [2.24, 2.45) is 0 Å². The van der Waals surface area contributed by atoms with Crippen molar-refractivity contribution in [2.45, 2.75) is 38.3 Å². The normalized spacial score (nSPS) is 14.0. The zero-order valence-corrected chi connectivity index (χ0v) is 19.6. The molecule has 0 unspecified atom stereocenters. The monoisotopic (exact) mass is 449 g/mol. The molecule has 0 saturated carbocycles. The number of nitrogens with one attached hydrogen (secondary N) is 1. The summed E-state index contributed by atoms with van der Waals surface area (Å²) in [5.41, 5.74) is 4.29. The zero-order valence-electron chi connectivity index (χ0n) is 18.8. The highest BCUT2D eigenvalue weighted by molar-refractivity contribution is 7.99. The highest BCUT2D eigenvalue weighted by Gasteiger charge is 2.27. The lowest BCUT2D eigenvalue weighted by Crippen LogP contribution is -2.35. The molecule has 0 bridgehead atoms. The Labute approximate surface area is 192 Å². The number of rotatable bonds is 5. The number of carbonyl (C=O) groups excluding carboxylic acids is 2. The Bertz CT molecular complexity index is 1150. The minimum atomic E-state index is -0.337. The molecule has 0 spiro atoms. The molecule has 166 valence electrons. The number of benzene rings is 2. The van der Waals surface area contributed by atoms with Crippen LogP contribution < -0.4 is 5.32 Å². The molecule has 0 aliphatic carbocycles. The molecule has 32 heavy (non-hydrogen) atoms. The van der Waals surface area contributed by atoms with Crippen LogP contribution in [0.3, 0.4) is 0 Å². The lowest BCUT2D eigenvalue weighted by molar-refractivity contribution is -0.124. The number of hydrogen-bond acceptors (Lipinski definition) is 5. The molecule has 3 amide bonds. The van der Waals surface area contributed by atoms with Gasteiger partial charge in [-0.2, -0.15) is 0 Å². The fourth-order valence-electron chi connectivity index (χ4n) is 3.61. The first-order chi connectivity index (χ1) is 15.3. The van der Waals surface area contributed by atoms with E-state index < -0.39 is 0 Å². The number of carbonyl (C=O) groups is 2. The molecule has 1 N–H and O–H groups in total. The second-order valence-electron chi connectivity index (χ2n) is 8.82. The van der Waals surface area contributed by atoms with Gasteiger partial charge in [-0.05, 0) is 29.5 Å². The average molecular weight is 450 g/mol. The van der Waals surface area contributed by atoms with Crippen LogP contribution in [0.2, 0.25) is 0 Å². The van der Waals surface area contributed by atoms with E-state index in [2.05, 4.69) is 60.6 Å². The molecule has 1 aliphatic heterocycles. The van der Waals surface area contributed by atoms with Crippen LogP contribution in [0, 0.1) is 6.92 Å². The summed E-state index contributed by atoms with van der Waals surface area (Å²) < 4.78 is 1.99. The van der Waals surface area contributed by atoms with Crippen molar-refractivity contribution in [3.05, 3.63) is 59.7 Å². The first-order valence-electron chi connectivity index (χ1n) is 10.6. The van der Waals surface area contributed by atoms with Crippen LogP contribution in [0.25, 0.3) is 17.1 Å². The molecule has 8 heteroatoms. The Morgan fingerprint density at radius 1 is 1.09 bits per heavy atom. The van der Waals surface area contributed by atoms with Crippen molar-refractivity contribution in [1.82, 2.24) is 25.0 Å². The van der Waals surface area contributed by atoms with Gasteiger partial charge in [-0.25, -0.2) is 4.79 Å². The van der Waals surface area contributed by atoms with E-state index >= 15 is 0 Å². The summed E-state index contributed by atoms with van der Waals surface area (Å²) in [6.45, 7) is 9.48. The summed E-state index contributed by atoms with van der Waals surface area (Å²) in [7, 11) is 0. The van der Waals surface area contributed by atoms with Gasteiger partial charge < -0.3 is 5.32 Å². The molecule has 1 aromatic heterocycles. The first-order valence-corrected chi connectivity index (χ1v) is 11.6. The van der Waals surface area contributed by atoms with E-state index in [1.54, 1.807) is 0 Å². The number of aryl methyl sites for hydroxylation is 1. The van der Waals surface area contributed by atoms with E-state index in [4.69, 9.17) is 0 Å². The molecule has 2 aromatic carbocycles. The molecule has 4 rings (SSSR count). The minimum absolute atomic E-state index is 0.0610. The van der Waals surface area contributed by atoms with Crippen LogP contribution in [-0.4, -0.2) is 50.4 Å². The number of thioether (sulfide) groups is 1. The SMILES string of the molecule is Cc1ccccc1-n1c(SCC(=O)N2CCNC2=O)nnc1-c1ccc(C(C)(C)C)cc1. The number of hydrogen-bond donors (Lipinski definition) is 1. The number of imide groups is 1. The summed E-state index contributed by atoms with van der Waals surface area (Å²) in [4.78, 5) is 25.6. The Morgan fingerprint density at radius 3 is 2.44 bits per heavy atom. The summed E-state index contributed by atoms with van der Waals surface area (Å²) in [5, 5.41) is 12.1. The molecule has 0 atom stereocenters. The number of urea groups is 1. The van der Waals surface area contributed by atoms with Gasteiger partial charge in [0.15, 0.2) is 11.0 Å². The standard InChI is InChI=1S/C24H27N5O2S/c1-16-7-5-6-8-19(16)29-21(17-9-11-18(12-10-17)24(2,3)4)26-27-23(29)32-15-20(30)28-14-13-25-22(28)31/h5-12H,13-15H2,1-4H3,(H,25,31). The van der Waals surface area contributed by atoms with E-state index in [1.165, 1.54) is 22.2 Å². The van der Waals surface area contributed by atoms with Gasteiger partial charge in [0.2, 0.25) is 5.91 Å². The Kier molecular flexibility index (Phi) is 6.06. The lowest BCUT2D eigenvalue weighted by atomic mass is 9.87. The van der Waals surface area contributed by atoms with Gasteiger partial charge in [0.25, 0.3) is 0 Å². The van der Waals surface area contributed by atoms with Crippen LogP contribution in [0.4, 0.5) is 4.79 Å². The highest BCUT2D eigenvalue weighted by atomic mass is 32.2. The largest absolute Gasteiger partial charge is 0.336 e. The predicted molar refractivity (Wildman–Crippen MR) is 126 cm³/mol. The molecular weight excluding hydrogens is 422 g/mol. The van der Waals surface area contributed by atoms with Crippen molar-refractivity contribution in [3.8, 4) is 17.1 Å². The molecule has 0 radical (unpaired) electrons. The number of para-hydroxylation sites is 1. The fourth-order valence-corrected chi connectivity index (χ4v) is 4.44. The van der Waals surface area contributed by atoms with E-state index in [1.807, 2.05) is 35.8 Å². The molecule has 1 aliphatic rings. The molecule has 3 aromatic rings. The van der Waals surface area contributed by atoms with E-state index in [-0.39, 0.29) is 23.1 Å². The van der Waals surface area contributed by atoms with Gasteiger partial charge in [-0.3, -0.25) is 14.3 Å². The van der Waals surface area contributed by atoms with Gasteiger partial charge >= 0.3 is 6.03 Å². The minimum Gasteiger partial charge on any atom is -0.336 e. The third kappa shape index (κ3) is 4.41. The van der Waals surface area contributed by atoms with Gasteiger partial charge in [0.1, 0.15) is 0 Å². The quantitative estimate of drug-likeness (QED) is 0.591.